The van der Waals surface area contributed by atoms with E-state index < -0.39 is 0 Å². The van der Waals surface area contributed by atoms with Crippen LogP contribution < -0.4 is 0 Å². The zero-order chi connectivity index (χ0) is 9.36. The SMILES string of the molecule is CC1CCCC=CCCCCCC1. The van der Waals surface area contributed by atoms with Crippen LogP contribution >= 0.6 is 0 Å². The summed E-state index contributed by atoms with van der Waals surface area (Å²) in [4.78, 5) is 0. The van der Waals surface area contributed by atoms with E-state index in [1.807, 2.05) is 0 Å². The Hall–Kier alpha value is -0.260. The molecule has 0 aromatic rings. The molecule has 76 valence electrons. The normalized spacial score (nSPS) is 27.6. The minimum Gasteiger partial charge on any atom is -0.0885 e. The highest BCUT2D eigenvalue weighted by Gasteiger charge is 2.01. The van der Waals surface area contributed by atoms with Crippen LogP contribution in [-0.4, -0.2) is 0 Å². The quantitative estimate of drug-likeness (QED) is 0.474. The van der Waals surface area contributed by atoms with E-state index in [4.69, 9.17) is 0 Å². The third-order valence-electron chi connectivity index (χ3n) is 3.05. The van der Waals surface area contributed by atoms with Crippen molar-refractivity contribution in [2.75, 3.05) is 0 Å². The highest BCUT2D eigenvalue weighted by molar-refractivity contribution is 4.81. The van der Waals surface area contributed by atoms with Crippen molar-refractivity contribution in [3.63, 3.8) is 0 Å². The third-order valence-corrected chi connectivity index (χ3v) is 3.05. The number of hydrogen-bond donors (Lipinski definition) is 0. The van der Waals surface area contributed by atoms with E-state index in [0.717, 1.165) is 5.92 Å². The summed E-state index contributed by atoms with van der Waals surface area (Å²) in [6, 6.07) is 0. The molecule has 0 bridgehead atoms. The minimum atomic E-state index is 0.966. The first-order valence-electron chi connectivity index (χ1n) is 6.04. The van der Waals surface area contributed by atoms with Crippen LogP contribution in [0.3, 0.4) is 0 Å². The first kappa shape index (κ1) is 10.8. The lowest BCUT2D eigenvalue weighted by Crippen LogP contribution is -1.95. The summed E-state index contributed by atoms with van der Waals surface area (Å²) in [5.74, 6) is 0.966. The van der Waals surface area contributed by atoms with Gasteiger partial charge in [0.2, 0.25) is 0 Å². The topological polar surface area (TPSA) is 0 Å². The number of hydrogen-bond acceptors (Lipinski definition) is 0. The van der Waals surface area contributed by atoms with E-state index in [0.29, 0.717) is 0 Å². The Balaban J connectivity index is 2.20. The molecule has 1 aliphatic rings. The molecule has 0 radical (unpaired) electrons. The van der Waals surface area contributed by atoms with Crippen molar-refractivity contribution in [1.29, 1.82) is 0 Å². The van der Waals surface area contributed by atoms with Gasteiger partial charge in [-0.1, -0.05) is 51.2 Å². The second-order valence-corrected chi connectivity index (χ2v) is 4.50. The van der Waals surface area contributed by atoms with Crippen LogP contribution in [0.25, 0.3) is 0 Å². The molecule has 1 aliphatic carbocycles. The van der Waals surface area contributed by atoms with Gasteiger partial charge < -0.3 is 0 Å². The lowest BCUT2D eigenvalue weighted by Gasteiger charge is -2.10. The molecule has 0 saturated heterocycles. The van der Waals surface area contributed by atoms with Crippen molar-refractivity contribution >= 4 is 0 Å². The van der Waals surface area contributed by atoms with Crippen LogP contribution in [0.15, 0.2) is 12.2 Å². The van der Waals surface area contributed by atoms with Crippen molar-refractivity contribution < 1.29 is 0 Å². The molecule has 0 heteroatoms. The van der Waals surface area contributed by atoms with Gasteiger partial charge in [0.15, 0.2) is 0 Å². The smallest absolute Gasteiger partial charge is 0.0351 e. The molecule has 0 aromatic carbocycles. The zero-order valence-electron chi connectivity index (χ0n) is 9.10. The average Bonchev–Trinajstić information content (AvgIpc) is 2.11. The fourth-order valence-corrected chi connectivity index (χ4v) is 2.07. The second-order valence-electron chi connectivity index (χ2n) is 4.50. The third kappa shape index (κ3) is 5.90. The molecule has 1 rings (SSSR count). The summed E-state index contributed by atoms with van der Waals surface area (Å²) in [6.07, 6.45) is 17.5. The Morgan fingerprint density at radius 1 is 0.769 bits per heavy atom. The maximum absolute atomic E-state index is 2.41. The molecule has 1 atom stereocenters. The predicted octanol–water partition coefficient (Wildman–Crippen LogP) is 4.70. The van der Waals surface area contributed by atoms with Crippen LogP contribution in [0, 0.1) is 5.92 Å². The molecule has 0 heterocycles. The van der Waals surface area contributed by atoms with Gasteiger partial charge in [-0.15, -0.1) is 0 Å². The van der Waals surface area contributed by atoms with Crippen molar-refractivity contribution in [3.8, 4) is 0 Å². The van der Waals surface area contributed by atoms with Crippen molar-refractivity contribution in [2.24, 2.45) is 5.92 Å². The first-order chi connectivity index (χ1) is 6.39. The van der Waals surface area contributed by atoms with Gasteiger partial charge in [0, 0.05) is 0 Å². The molecule has 0 amide bonds. The second kappa shape index (κ2) is 7.17. The molecule has 0 spiro atoms. The molecule has 1 unspecified atom stereocenters. The Morgan fingerprint density at radius 2 is 1.38 bits per heavy atom. The minimum absolute atomic E-state index is 0.966. The van der Waals surface area contributed by atoms with Gasteiger partial charge in [-0.2, -0.15) is 0 Å². The van der Waals surface area contributed by atoms with Crippen LogP contribution in [0.5, 0.6) is 0 Å². The Labute approximate surface area is 83.4 Å². The number of rotatable bonds is 0. The van der Waals surface area contributed by atoms with E-state index in [1.54, 1.807) is 0 Å². The molecule has 13 heavy (non-hydrogen) atoms. The predicted molar refractivity (Wildman–Crippen MR) is 59.9 cm³/mol. The van der Waals surface area contributed by atoms with Gasteiger partial charge in [0.05, 0.1) is 0 Å². The van der Waals surface area contributed by atoms with E-state index in [2.05, 4.69) is 19.1 Å². The monoisotopic (exact) mass is 180 g/mol. The zero-order valence-corrected chi connectivity index (χ0v) is 9.10. The molecule has 0 N–H and O–H groups in total. The van der Waals surface area contributed by atoms with Gasteiger partial charge in [-0.3, -0.25) is 0 Å². The summed E-state index contributed by atoms with van der Waals surface area (Å²) in [5, 5.41) is 0. The van der Waals surface area contributed by atoms with E-state index >= 15 is 0 Å². The Morgan fingerprint density at radius 3 is 2.23 bits per heavy atom. The summed E-state index contributed by atoms with van der Waals surface area (Å²) in [5.41, 5.74) is 0. The maximum atomic E-state index is 2.41. The lowest BCUT2D eigenvalue weighted by molar-refractivity contribution is 0.445. The molecule has 0 nitrogen and oxygen atoms in total. The van der Waals surface area contributed by atoms with Crippen molar-refractivity contribution in [2.45, 2.75) is 64.7 Å². The van der Waals surface area contributed by atoms with Gasteiger partial charge in [-0.05, 0) is 31.6 Å². The van der Waals surface area contributed by atoms with E-state index in [1.165, 1.54) is 57.8 Å². The molecule has 0 aliphatic heterocycles. The van der Waals surface area contributed by atoms with E-state index in [-0.39, 0.29) is 0 Å². The molecular formula is C13H24. The lowest BCUT2D eigenvalue weighted by atomic mass is 9.96. The summed E-state index contributed by atoms with van der Waals surface area (Å²) in [6.45, 7) is 2.41. The van der Waals surface area contributed by atoms with Crippen molar-refractivity contribution in [1.82, 2.24) is 0 Å². The largest absolute Gasteiger partial charge is 0.0885 e. The first-order valence-corrected chi connectivity index (χ1v) is 6.04. The average molecular weight is 180 g/mol. The van der Waals surface area contributed by atoms with Gasteiger partial charge >= 0.3 is 0 Å². The van der Waals surface area contributed by atoms with Gasteiger partial charge in [0.25, 0.3) is 0 Å². The fourth-order valence-electron chi connectivity index (χ4n) is 2.07. The van der Waals surface area contributed by atoms with Crippen LogP contribution in [0.2, 0.25) is 0 Å². The van der Waals surface area contributed by atoms with E-state index in [9.17, 15) is 0 Å². The Kier molecular flexibility index (Phi) is 5.97. The summed E-state index contributed by atoms with van der Waals surface area (Å²) >= 11 is 0. The van der Waals surface area contributed by atoms with Crippen LogP contribution in [-0.2, 0) is 0 Å². The summed E-state index contributed by atoms with van der Waals surface area (Å²) in [7, 11) is 0. The van der Waals surface area contributed by atoms with Gasteiger partial charge in [-0.25, -0.2) is 0 Å². The maximum Gasteiger partial charge on any atom is -0.0351 e. The van der Waals surface area contributed by atoms with Gasteiger partial charge in [0.1, 0.15) is 0 Å². The summed E-state index contributed by atoms with van der Waals surface area (Å²) < 4.78 is 0. The van der Waals surface area contributed by atoms with Crippen LogP contribution in [0.1, 0.15) is 64.7 Å². The molecular weight excluding hydrogens is 156 g/mol. The number of allylic oxidation sites excluding steroid dienone is 2. The molecule has 0 saturated carbocycles. The molecule has 0 fully saturated rings. The van der Waals surface area contributed by atoms with Crippen molar-refractivity contribution in [3.05, 3.63) is 12.2 Å². The standard InChI is InChI=1S/C13H24/c1-13-11-9-7-5-3-2-4-6-8-10-12-13/h3,5,13H,2,4,6-12H2,1H3. The Bertz CT molecular complexity index is 135. The highest BCUT2D eigenvalue weighted by atomic mass is 14.1. The van der Waals surface area contributed by atoms with Crippen LogP contribution in [0.4, 0.5) is 0 Å². The highest BCUT2D eigenvalue weighted by Crippen LogP contribution is 2.18. The fraction of sp³-hybridized carbons (Fsp3) is 0.846. The molecule has 0 aromatic heterocycles.